The molecule has 0 saturated carbocycles. The molecule has 0 spiro atoms. The average Bonchev–Trinajstić information content (AvgIpc) is 3.24. The van der Waals surface area contributed by atoms with E-state index in [1.165, 1.54) is 5.56 Å². The molecule has 2 aromatic carbocycles. The van der Waals surface area contributed by atoms with E-state index >= 15 is 0 Å². The number of nitrogens with zero attached hydrogens (tertiary/aromatic N) is 2. The monoisotopic (exact) mass is 432 g/mol. The molecule has 2 aromatic rings. The van der Waals surface area contributed by atoms with E-state index in [0.717, 1.165) is 48.1 Å². The number of piperidine rings is 1. The number of carbonyl (C=O) groups is 2. The number of allylic oxidation sites excluding steroid dienone is 1. The number of aryl methyl sites for hydroxylation is 1. The molecule has 166 valence electrons. The number of fused-ring (bicyclic) bond motifs is 1. The van der Waals surface area contributed by atoms with Crippen LogP contribution in [-0.4, -0.2) is 42.7 Å². The van der Waals surface area contributed by atoms with Crippen molar-refractivity contribution in [2.75, 3.05) is 20.2 Å². The number of hydrogen-bond acceptors (Lipinski definition) is 5. The molecule has 1 aliphatic carbocycles. The maximum Gasteiger partial charge on any atom is 0.410 e. The SMILES string of the molecule is CON=C1CCc2cc(C=CC(=O)C3CCCN(C(=O)OCc4ccccc4)C3)ccc21. The summed E-state index contributed by atoms with van der Waals surface area (Å²) in [5.41, 5.74) is 5.25. The van der Waals surface area contributed by atoms with Gasteiger partial charge < -0.3 is 14.5 Å². The van der Waals surface area contributed by atoms with E-state index in [9.17, 15) is 9.59 Å². The Morgan fingerprint density at radius 3 is 2.81 bits per heavy atom. The Bertz CT molecular complexity index is 1030. The van der Waals surface area contributed by atoms with Crippen molar-refractivity contribution < 1.29 is 19.2 Å². The van der Waals surface area contributed by atoms with Crippen LogP contribution in [0, 0.1) is 5.92 Å². The normalized spacial score (nSPS) is 19.2. The van der Waals surface area contributed by atoms with Crippen molar-refractivity contribution in [1.82, 2.24) is 4.90 Å². The zero-order valence-corrected chi connectivity index (χ0v) is 18.3. The highest BCUT2D eigenvalue weighted by Gasteiger charge is 2.28. The largest absolute Gasteiger partial charge is 0.445 e. The summed E-state index contributed by atoms with van der Waals surface area (Å²) in [5, 5.41) is 4.08. The number of carbonyl (C=O) groups excluding carboxylic acids is 2. The molecule has 1 unspecified atom stereocenters. The second kappa shape index (κ2) is 10.3. The summed E-state index contributed by atoms with van der Waals surface area (Å²) in [6, 6.07) is 15.7. The van der Waals surface area contributed by atoms with Crippen LogP contribution in [0.15, 0.2) is 59.8 Å². The molecule has 1 heterocycles. The van der Waals surface area contributed by atoms with Crippen LogP contribution < -0.4 is 0 Å². The molecule has 1 atom stereocenters. The molecule has 1 fully saturated rings. The zero-order valence-electron chi connectivity index (χ0n) is 18.3. The maximum absolute atomic E-state index is 12.8. The van der Waals surface area contributed by atoms with Crippen LogP contribution in [0.2, 0.25) is 0 Å². The Morgan fingerprint density at radius 1 is 1.16 bits per heavy atom. The van der Waals surface area contributed by atoms with Gasteiger partial charge in [0.2, 0.25) is 0 Å². The third kappa shape index (κ3) is 5.25. The standard InChI is InChI=1S/C26H28N2O4/c1-31-27-24-13-11-21-16-19(9-12-23(21)24)10-14-25(29)22-8-5-15-28(17-22)26(30)32-18-20-6-3-2-4-7-20/h2-4,6-7,9-10,12,14,16,22H,5,8,11,13,15,17-18H2,1H3. The van der Waals surface area contributed by atoms with Gasteiger partial charge in [0.15, 0.2) is 5.78 Å². The van der Waals surface area contributed by atoms with E-state index < -0.39 is 0 Å². The van der Waals surface area contributed by atoms with Gasteiger partial charge >= 0.3 is 6.09 Å². The maximum atomic E-state index is 12.8. The van der Waals surface area contributed by atoms with Gasteiger partial charge in [-0.2, -0.15) is 0 Å². The van der Waals surface area contributed by atoms with Gasteiger partial charge in [-0.05, 0) is 48.4 Å². The Labute approximate surface area is 188 Å². The molecular formula is C26H28N2O4. The Kier molecular flexibility index (Phi) is 7.00. The summed E-state index contributed by atoms with van der Waals surface area (Å²) in [6.07, 6.45) is 6.52. The predicted molar refractivity (Wildman–Crippen MR) is 123 cm³/mol. The number of oxime groups is 1. The van der Waals surface area contributed by atoms with Gasteiger partial charge in [0.05, 0.1) is 5.71 Å². The van der Waals surface area contributed by atoms with Gasteiger partial charge in [0, 0.05) is 24.6 Å². The van der Waals surface area contributed by atoms with Gasteiger partial charge in [-0.25, -0.2) is 4.79 Å². The lowest BCUT2D eigenvalue weighted by Crippen LogP contribution is -2.42. The molecule has 6 heteroatoms. The van der Waals surface area contributed by atoms with E-state index in [-0.39, 0.29) is 24.4 Å². The summed E-state index contributed by atoms with van der Waals surface area (Å²) in [4.78, 5) is 31.8. The molecule has 1 amide bonds. The topological polar surface area (TPSA) is 68.2 Å². The van der Waals surface area contributed by atoms with Gasteiger partial charge in [0.25, 0.3) is 0 Å². The first kappa shape index (κ1) is 21.8. The van der Waals surface area contributed by atoms with Crippen molar-refractivity contribution in [3.05, 3.63) is 76.9 Å². The fourth-order valence-corrected chi connectivity index (χ4v) is 4.30. The van der Waals surface area contributed by atoms with E-state index in [0.29, 0.717) is 13.1 Å². The second-order valence-electron chi connectivity index (χ2n) is 8.20. The van der Waals surface area contributed by atoms with Gasteiger partial charge in [-0.1, -0.05) is 59.8 Å². The molecule has 1 aliphatic heterocycles. The van der Waals surface area contributed by atoms with Crippen LogP contribution in [0.5, 0.6) is 0 Å². The van der Waals surface area contributed by atoms with Crippen LogP contribution in [-0.2, 0) is 27.4 Å². The van der Waals surface area contributed by atoms with Gasteiger partial charge in [-0.15, -0.1) is 0 Å². The summed E-state index contributed by atoms with van der Waals surface area (Å²) in [5.74, 6) is -0.146. The zero-order chi connectivity index (χ0) is 22.3. The lowest BCUT2D eigenvalue weighted by atomic mass is 9.93. The third-order valence-corrected chi connectivity index (χ3v) is 6.00. The summed E-state index contributed by atoms with van der Waals surface area (Å²) >= 11 is 0. The summed E-state index contributed by atoms with van der Waals surface area (Å²) in [6.45, 7) is 1.26. The average molecular weight is 433 g/mol. The third-order valence-electron chi connectivity index (χ3n) is 6.00. The quantitative estimate of drug-likeness (QED) is 0.494. The summed E-state index contributed by atoms with van der Waals surface area (Å²) < 4.78 is 5.43. The van der Waals surface area contributed by atoms with Crippen molar-refractivity contribution in [1.29, 1.82) is 0 Å². The minimum atomic E-state index is -0.359. The number of likely N-dealkylation sites (tertiary alicyclic amines) is 1. The molecular weight excluding hydrogens is 404 g/mol. The van der Waals surface area contributed by atoms with Gasteiger partial charge in [-0.3, -0.25) is 4.79 Å². The van der Waals surface area contributed by atoms with Crippen molar-refractivity contribution in [2.24, 2.45) is 11.1 Å². The second-order valence-corrected chi connectivity index (χ2v) is 8.20. The molecule has 2 aliphatic rings. The van der Waals surface area contributed by atoms with Crippen LogP contribution in [0.1, 0.15) is 41.5 Å². The highest BCUT2D eigenvalue weighted by molar-refractivity contribution is 6.04. The Balaban J connectivity index is 1.33. The molecule has 0 N–H and O–H groups in total. The van der Waals surface area contributed by atoms with Crippen LogP contribution in [0.4, 0.5) is 4.79 Å². The lowest BCUT2D eigenvalue weighted by molar-refractivity contribution is -0.119. The number of ether oxygens (including phenoxy) is 1. The smallest absolute Gasteiger partial charge is 0.410 e. The van der Waals surface area contributed by atoms with Crippen molar-refractivity contribution in [2.45, 2.75) is 32.3 Å². The first-order valence-electron chi connectivity index (χ1n) is 11.0. The minimum Gasteiger partial charge on any atom is -0.445 e. The molecule has 1 saturated heterocycles. The summed E-state index contributed by atoms with van der Waals surface area (Å²) in [7, 11) is 1.56. The first-order valence-corrected chi connectivity index (χ1v) is 11.0. The van der Waals surface area contributed by atoms with E-state index in [1.807, 2.05) is 48.5 Å². The lowest BCUT2D eigenvalue weighted by Gasteiger charge is -2.30. The Hall–Kier alpha value is -3.41. The molecule has 0 bridgehead atoms. The number of rotatable bonds is 6. The van der Waals surface area contributed by atoms with Crippen LogP contribution in [0.3, 0.4) is 0 Å². The van der Waals surface area contributed by atoms with Crippen molar-refractivity contribution in [3.8, 4) is 0 Å². The number of hydrogen-bond donors (Lipinski definition) is 0. The minimum absolute atomic E-state index is 0.0488. The molecule has 0 aromatic heterocycles. The van der Waals surface area contributed by atoms with E-state index in [1.54, 1.807) is 18.1 Å². The molecule has 6 nitrogen and oxygen atoms in total. The highest BCUT2D eigenvalue weighted by Crippen LogP contribution is 2.25. The molecule has 32 heavy (non-hydrogen) atoms. The number of amides is 1. The van der Waals surface area contributed by atoms with E-state index in [2.05, 4.69) is 11.2 Å². The number of ketones is 1. The number of benzene rings is 2. The van der Waals surface area contributed by atoms with Crippen LogP contribution >= 0.6 is 0 Å². The highest BCUT2D eigenvalue weighted by atomic mass is 16.6. The fourth-order valence-electron chi connectivity index (χ4n) is 4.30. The van der Waals surface area contributed by atoms with Gasteiger partial charge in [0.1, 0.15) is 13.7 Å². The fraction of sp³-hybridized carbons (Fsp3) is 0.346. The predicted octanol–water partition coefficient (Wildman–Crippen LogP) is 4.61. The Morgan fingerprint density at radius 2 is 2.00 bits per heavy atom. The van der Waals surface area contributed by atoms with Crippen molar-refractivity contribution in [3.63, 3.8) is 0 Å². The molecule has 4 rings (SSSR count). The van der Waals surface area contributed by atoms with Crippen molar-refractivity contribution >= 4 is 23.7 Å². The van der Waals surface area contributed by atoms with Crippen LogP contribution in [0.25, 0.3) is 6.08 Å². The first-order chi connectivity index (χ1) is 15.6. The van der Waals surface area contributed by atoms with E-state index in [4.69, 9.17) is 9.57 Å². The molecule has 0 radical (unpaired) electrons.